The van der Waals surface area contributed by atoms with Crippen molar-refractivity contribution >= 4 is 26.9 Å². The summed E-state index contributed by atoms with van der Waals surface area (Å²) in [5, 5.41) is 0.994. The van der Waals surface area contributed by atoms with Crippen LogP contribution in [0.1, 0.15) is 36.2 Å². The second kappa shape index (κ2) is 8.32. The number of sulfonamides is 1. The summed E-state index contributed by atoms with van der Waals surface area (Å²) in [6, 6.07) is 12.9. The van der Waals surface area contributed by atoms with E-state index in [0.29, 0.717) is 6.42 Å². The first-order valence-electron chi connectivity index (χ1n) is 10.4. The van der Waals surface area contributed by atoms with Gasteiger partial charge < -0.3 is 9.72 Å². The number of nitrogens with zero attached hydrogens (tertiary/aromatic N) is 1. The molecule has 2 heterocycles. The summed E-state index contributed by atoms with van der Waals surface area (Å²) < 4.78 is 34.2. The topological polar surface area (TPSA) is 79.5 Å². The molecule has 2 atom stereocenters. The Morgan fingerprint density at radius 1 is 1.23 bits per heavy atom. The highest BCUT2D eigenvalue weighted by atomic mass is 32.2. The van der Waals surface area contributed by atoms with Gasteiger partial charge in [0, 0.05) is 23.0 Å². The molecule has 1 aliphatic heterocycles. The van der Waals surface area contributed by atoms with Gasteiger partial charge in [0.25, 0.3) is 0 Å². The van der Waals surface area contributed by atoms with E-state index in [0.717, 1.165) is 27.7 Å². The molecule has 0 saturated carbocycles. The highest BCUT2D eigenvalue weighted by Crippen LogP contribution is 2.42. The van der Waals surface area contributed by atoms with Crippen molar-refractivity contribution in [3.63, 3.8) is 0 Å². The molecule has 0 aliphatic carbocycles. The van der Waals surface area contributed by atoms with Crippen LogP contribution in [-0.4, -0.2) is 36.3 Å². The molecule has 31 heavy (non-hydrogen) atoms. The zero-order valence-electron chi connectivity index (χ0n) is 17.7. The van der Waals surface area contributed by atoms with Crippen molar-refractivity contribution in [2.75, 3.05) is 6.61 Å². The third kappa shape index (κ3) is 3.68. The van der Waals surface area contributed by atoms with Crippen LogP contribution in [0, 0.1) is 6.92 Å². The molecule has 1 N–H and O–H groups in total. The molecule has 0 fully saturated rings. The zero-order chi connectivity index (χ0) is 22.2. The molecule has 0 radical (unpaired) electrons. The van der Waals surface area contributed by atoms with Gasteiger partial charge in [-0.3, -0.25) is 4.79 Å². The summed E-state index contributed by atoms with van der Waals surface area (Å²) >= 11 is 0. The third-order valence-corrected chi connectivity index (χ3v) is 7.67. The van der Waals surface area contributed by atoms with Crippen LogP contribution >= 0.6 is 0 Å². The molecule has 162 valence electrons. The maximum absolute atomic E-state index is 13.8. The fourth-order valence-electron chi connectivity index (χ4n) is 4.33. The lowest BCUT2D eigenvalue weighted by Crippen LogP contribution is -2.51. The maximum Gasteiger partial charge on any atom is 0.324 e. The molecule has 0 spiro atoms. The monoisotopic (exact) mass is 438 g/mol. The molecule has 1 aromatic heterocycles. The van der Waals surface area contributed by atoms with E-state index in [1.165, 1.54) is 4.31 Å². The summed E-state index contributed by atoms with van der Waals surface area (Å²) in [6.07, 6.45) is 2.29. The van der Waals surface area contributed by atoms with Crippen LogP contribution in [0.5, 0.6) is 0 Å². The smallest absolute Gasteiger partial charge is 0.324 e. The minimum Gasteiger partial charge on any atom is -0.465 e. The zero-order valence-corrected chi connectivity index (χ0v) is 18.5. The van der Waals surface area contributed by atoms with E-state index in [4.69, 9.17) is 4.74 Å². The van der Waals surface area contributed by atoms with Crippen LogP contribution in [0.3, 0.4) is 0 Å². The lowest BCUT2D eigenvalue weighted by atomic mass is 9.92. The number of hydrogen-bond acceptors (Lipinski definition) is 4. The van der Waals surface area contributed by atoms with E-state index in [9.17, 15) is 13.2 Å². The summed E-state index contributed by atoms with van der Waals surface area (Å²) in [6.45, 7) is 7.64. The molecule has 1 aliphatic rings. The number of benzene rings is 2. The molecule has 4 rings (SSSR count). The summed E-state index contributed by atoms with van der Waals surface area (Å²) in [7, 11) is -3.98. The van der Waals surface area contributed by atoms with Gasteiger partial charge in [0.05, 0.1) is 17.5 Å². The predicted molar refractivity (Wildman–Crippen MR) is 120 cm³/mol. The second-order valence-electron chi connectivity index (χ2n) is 7.72. The van der Waals surface area contributed by atoms with E-state index >= 15 is 0 Å². The van der Waals surface area contributed by atoms with Gasteiger partial charge in [-0.15, -0.1) is 6.58 Å². The molecular formula is C24H26N2O4S. The Labute approximate surface area is 182 Å². The number of ether oxygens (including phenoxy) is 1. The molecule has 0 bridgehead atoms. The Morgan fingerprint density at radius 2 is 1.94 bits per heavy atom. The second-order valence-corrected chi connectivity index (χ2v) is 9.57. The first-order valence-corrected chi connectivity index (χ1v) is 11.8. The van der Waals surface area contributed by atoms with Gasteiger partial charge in [-0.1, -0.05) is 42.0 Å². The molecule has 0 amide bonds. The van der Waals surface area contributed by atoms with Gasteiger partial charge in [-0.25, -0.2) is 8.42 Å². The van der Waals surface area contributed by atoms with Crippen molar-refractivity contribution in [1.82, 2.24) is 9.29 Å². The summed E-state index contributed by atoms with van der Waals surface area (Å²) in [4.78, 5) is 16.5. The number of fused-ring (bicyclic) bond motifs is 3. The van der Waals surface area contributed by atoms with Crippen molar-refractivity contribution in [2.45, 2.75) is 43.7 Å². The molecule has 6 nitrogen and oxygen atoms in total. The van der Waals surface area contributed by atoms with Crippen LogP contribution < -0.4 is 0 Å². The number of hydrogen-bond donors (Lipinski definition) is 1. The Bertz CT molecular complexity index is 1230. The number of nitrogens with one attached hydrogen (secondary N) is 1. The van der Waals surface area contributed by atoms with Crippen LogP contribution in [-0.2, 0) is 26.0 Å². The largest absolute Gasteiger partial charge is 0.465 e. The van der Waals surface area contributed by atoms with E-state index in [1.807, 2.05) is 31.2 Å². The van der Waals surface area contributed by atoms with Crippen LogP contribution in [0.25, 0.3) is 10.9 Å². The third-order valence-electron chi connectivity index (χ3n) is 5.74. The van der Waals surface area contributed by atoms with Gasteiger partial charge in [-0.2, -0.15) is 4.31 Å². The van der Waals surface area contributed by atoms with Gasteiger partial charge in [-0.05, 0) is 44.0 Å². The first-order chi connectivity index (χ1) is 14.9. The average Bonchev–Trinajstić information content (AvgIpc) is 3.13. The number of rotatable bonds is 6. The maximum atomic E-state index is 13.8. The van der Waals surface area contributed by atoms with Gasteiger partial charge in [0.15, 0.2) is 0 Å². The van der Waals surface area contributed by atoms with Crippen molar-refractivity contribution < 1.29 is 17.9 Å². The number of para-hydroxylation sites is 1. The molecule has 3 aromatic rings. The van der Waals surface area contributed by atoms with Crippen LogP contribution in [0.2, 0.25) is 0 Å². The molecule has 0 unspecified atom stereocenters. The minimum absolute atomic E-state index is 0.154. The number of aryl methyl sites for hydroxylation is 1. The van der Waals surface area contributed by atoms with Crippen molar-refractivity contribution in [3.8, 4) is 0 Å². The van der Waals surface area contributed by atoms with Crippen molar-refractivity contribution in [3.05, 3.63) is 78.0 Å². The fraction of sp³-hybridized carbons (Fsp3) is 0.292. The Hall–Kier alpha value is -2.90. The number of aromatic amines is 1. The standard InChI is InChI=1S/C24H26N2O4S/c1-4-8-21-23-19(18-9-6-7-10-20(18)25-23)15-22(24(27)30-5-2)26(21)31(28,29)17-13-11-16(3)12-14-17/h4,6-7,9-14,21-22,25H,1,5,8,15H2,2-3H3/t21-,22+/m1/s1. The minimum atomic E-state index is -3.98. The number of carbonyl (C=O) groups excluding carboxylic acids is 1. The number of aromatic nitrogens is 1. The summed E-state index contributed by atoms with van der Waals surface area (Å²) in [5.74, 6) is -0.539. The van der Waals surface area contributed by atoms with Gasteiger partial charge in [0.2, 0.25) is 10.0 Å². The lowest BCUT2D eigenvalue weighted by molar-refractivity contribution is -0.148. The highest BCUT2D eigenvalue weighted by Gasteiger charge is 2.47. The fourth-order valence-corrected chi connectivity index (χ4v) is 6.07. The molecular weight excluding hydrogens is 412 g/mol. The number of H-pyrrole nitrogens is 1. The van der Waals surface area contributed by atoms with Gasteiger partial charge in [0.1, 0.15) is 6.04 Å². The normalized spacial score (nSPS) is 19.2. The van der Waals surface area contributed by atoms with Crippen LogP contribution in [0.4, 0.5) is 0 Å². The average molecular weight is 439 g/mol. The van der Waals surface area contributed by atoms with E-state index in [1.54, 1.807) is 37.3 Å². The highest BCUT2D eigenvalue weighted by molar-refractivity contribution is 7.89. The lowest BCUT2D eigenvalue weighted by Gasteiger charge is -2.39. The predicted octanol–water partition coefficient (Wildman–Crippen LogP) is 4.27. The van der Waals surface area contributed by atoms with E-state index < -0.39 is 28.1 Å². The van der Waals surface area contributed by atoms with E-state index in [-0.39, 0.29) is 17.9 Å². The Morgan fingerprint density at radius 3 is 2.61 bits per heavy atom. The van der Waals surface area contributed by atoms with Crippen molar-refractivity contribution in [1.29, 1.82) is 0 Å². The summed E-state index contributed by atoms with van der Waals surface area (Å²) in [5.41, 5.74) is 3.63. The van der Waals surface area contributed by atoms with Gasteiger partial charge >= 0.3 is 5.97 Å². The first kappa shape index (κ1) is 21.3. The SMILES string of the molecule is C=CC[C@@H]1c2[nH]c3ccccc3c2C[C@@H](C(=O)OCC)N1S(=O)(=O)c1ccc(C)cc1. The Balaban J connectivity index is 1.93. The Kier molecular flexibility index (Phi) is 5.73. The molecule has 2 aromatic carbocycles. The number of carbonyl (C=O) groups is 1. The molecule has 0 saturated heterocycles. The van der Waals surface area contributed by atoms with E-state index in [2.05, 4.69) is 11.6 Å². The molecule has 7 heteroatoms. The quantitative estimate of drug-likeness (QED) is 0.460. The van der Waals surface area contributed by atoms with Crippen molar-refractivity contribution in [2.24, 2.45) is 0 Å². The number of esters is 1. The van der Waals surface area contributed by atoms with Crippen LogP contribution in [0.15, 0.2) is 66.1 Å².